The van der Waals surface area contributed by atoms with Crippen LogP contribution in [0.2, 0.25) is 0 Å². The molecule has 0 aliphatic heterocycles. The van der Waals surface area contributed by atoms with E-state index in [1.165, 1.54) is 0 Å². The number of nitrogens with one attached hydrogen (secondary N) is 1. The second-order valence-corrected chi connectivity index (χ2v) is 3.37. The summed E-state index contributed by atoms with van der Waals surface area (Å²) in [7, 11) is 0. The molecule has 1 amide bonds. The Morgan fingerprint density at radius 1 is 1.38 bits per heavy atom. The predicted molar refractivity (Wildman–Crippen MR) is 51.4 cm³/mol. The third-order valence-electron chi connectivity index (χ3n) is 1.80. The molecular formula is C10H13NO2. The number of amides is 1. The summed E-state index contributed by atoms with van der Waals surface area (Å²) in [6, 6.07) is 7.16. The Balaban J connectivity index is 3.11. The lowest BCUT2D eigenvalue weighted by molar-refractivity contribution is -0.105. The van der Waals surface area contributed by atoms with E-state index < -0.39 is 5.60 Å². The van der Waals surface area contributed by atoms with Crippen LogP contribution < -0.4 is 5.32 Å². The maximum atomic E-state index is 10.3. The molecule has 0 atom stereocenters. The zero-order valence-corrected chi connectivity index (χ0v) is 7.74. The quantitative estimate of drug-likeness (QED) is 0.690. The molecule has 13 heavy (non-hydrogen) atoms. The number of anilines is 1. The zero-order valence-electron chi connectivity index (χ0n) is 7.74. The molecule has 0 heterocycles. The van der Waals surface area contributed by atoms with Crippen molar-refractivity contribution in [1.82, 2.24) is 0 Å². The first-order valence-corrected chi connectivity index (χ1v) is 4.08. The molecule has 0 saturated carbocycles. The van der Waals surface area contributed by atoms with Crippen LogP contribution in [-0.4, -0.2) is 11.5 Å². The second-order valence-electron chi connectivity index (χ2n) is 3.37. The van der Waals surface area contributed by atoms with E-state index in [1.54, 1.807) is 32.0 Å². The molecule has 0 aliphatic carbocycles. The normalized spacial score (nSPS) is 11.0. The smallest absolute Gasteiger partial charge is 0.211 e. The van der Waals surface area contributed by atoms with E-state index in [2.05, 4.69) is 5.32 Å². The minimum Gasteiger partial charge on any atom is -0.386 e. The largest absolute Gasteiger partial charge is 0.386 e. The van der Waals surface area contributed by atoms with Gasteiger partial charge in [0.2, 0.25) is 6.41 Å². The van der Waals surface area contributed by atoms with Crippen molar-refractivity contribution in [3.8, 4) is 0 Å². The van der Waals surface area contributed by atoms with E-state index in [9.17, 15) is 9.90 Å². The molecule has 0 aromatic heterocycles. The Hall–Kier alpha value is -1.35. The summed E-state index contributed by atoms with van der Waals surface area (Å²) in [6.07, 6.45) is 0.602. The van der Waals surface area contributed by atoms with Gasteiger partial charge in [-0.1, -0.05) is 18.2 Å². The molecule has 70 valence electrons. The van der Waals surface area contributed by atoms with Crippen molar-refractivity contribution >= 4 is 12.1 Å². The van der Waals surface area contributed by atoms with Crippen LogP contribution in [0.5, 0.6) is 0 Å². The minimum absolute atomic E-state index is 0.602. The van der Waals surface area contributed by atoms with Crippen molar-refractivity contribution in [2.75, 3.05) is 5.32 Å². The Kier molecular flexibility index (Phi) is 2.68. The van der Waals surface area contributed by atoms with Crippen LogP contribution in [-0.2, 0) is 10.4 Å². The molecule has 1 rings (SSSR count). The van der Waals surface area contributed by atoms with Gasteiger partial charge in [-0.15, -0.1) is 0 Å². The number of carbonyl (C=O) groups is 1. The number of benzene rings is 1. The second kappa shape index (κ2) is 3.58. The molecule has 0 fully saturated rings. The van der Waals surface area contributed by atoms with Crippen molar-refractivity contribution in [1.29, 1.82) is 0 Å². The van der Waals surface area contributed by atoms with E-state index in [0.29, 0.717) is 17.7 Å². The van der Waals surface area contributed by atoms with Gasteiger partial charge < -0.3 is 10.4 Å². The molecule has 1 aromatic carbocycles. The number of aliphatic hydroxyl groups is 1. The van der Waals surface area contributed by atoms with Crippen molar-refractivity contribution < 1.29 is 9.90 Å². The maximum Gasteiger partial charge on any atom is 0.211 e. The summed E-state index contributed by atoms with van der Waals surface area (Å²) in [5.41, 5.74) is 0.416. The monoisotopic (exact) mass is 179 g/mol. The summed E-state index contributed by atoms with van der Waals surface area (Å²) in [5.74, 6) is 0. The van der Waals surface area contributed by atoms with Crippen LogP contribution >= 0.6 is 0 Å². The van der Waals surface area contributed by atoms with Gasteiger partial charge in [0.15, 0.2) is 0 Å². The van der Waals surface area contributed by atoms with Gasteiger partial charge in [-0.25, -0.2) is 0 Å². The predicted octanol–water partition coefficient (Wildman–Crippen LogP) is 1.48. The fraction of sp³-hybridized carbons (Fsp3) is 0.300. The average Bonchev–Trinajstić information content (AvgIpc) is 2.04. The van der Waals surface area contributed by atoms with E-state index in [0.717, 1.165) is 0 Å². The topological polar surface area (TPSA) is 49.3 Å². The number of hydrogen-bond donors (Lipinski definition) is 2. The van der Waals surface area contributed by atoms with Crippen molar-refractivity contribution in [2.24, 2.45) is 0 Å². The molecule has 0 aliphatic rings. The molecular weight excluding hydrogens is 166 g/mol. The molecule has 3 heteroatoms. The Bertz CT molecular complexity index is 302. The van der Waals surface area contributed by atoms with Gasteiger partial charge in [0.25, 0.3) is 0 Å². The molecule has 1 aromatic rings. The Morgan fingerprint density at radius 2 is 2.00 bits per heavy atom. The Labute approximate surface area is 77.4 Å². The summed E-state index contributed by atoms with van der Waals surface area (Å²) >= 11 is 0. The first-order chi connectivity index (χ1) is 6.05. The lowest BCUT2D eigenvalue weighted by Crippen LogP contribution is -2.17. The number of carbonyl (C=O) groups excluding carboxylic acids is 1. The van der Waals surface area contributed by atoms with Crippen LogP contribution in [0, 0.1) is 0 Å². The lowest BCUT2D eigenvalue weighted by Gasteiger charge is -2.20. The van der Waals surface area contributed by atoms with Crippen LogP contribution in [0.3, 0.4) is 0 Å². The fourth-order valence-corrected chi connectivity index (χ4v) is 1.21. The molecule has 0 spiro atoms. The highest BCUT2D eigenvalue weighted by molar-refractivity contribution is 5.73. The third-order valence-corrected chi connectivity index (χ3v) is 1.80. The van der Waals surface area contributed by atoms with Crippen molar-refractivity contribution in [3.63, 3.8) is 0 Å². The first-order valence-electron chi connectivity index (χ1n) is 4.08. The van der Waals surface area contributed by atoms with Crippen LogP contribution in [0.1, 0.15) is 19.4 Å². The van der Waals surface area contributed by atoms with Gasteiger partial charge in [-0.05, 0) is 19.9 Å². The summed E-state index contributed by atoms with van der Waals surface area (Å²) in [5, 5.41) is 12.3. The van der Waals surface area contributed by atoms with Crippen LogP contribution in [0.25, 0.3) is 0 Å². The van der Waals surface area contributed by atoms with E-state index in [-0.39, 0.29) is 0 Å². The lowest BCUT2D eigenvalue weighted by atomic mass is 9.97. The SMILES string of the molecule is CC(C)(O)c1ccccc1NC=O. The van der Waals surface area contributed by atoms with Crippen LogP contribution in [0.4, 0.5) is 5.69 Å². The van der Waals surface area contributed by atoms with Gasteiger partial charge in [0.1, 0.15) is 0 Å². The van der Waals surface area contributed by atoms with Gasteiger partial charge in [0, 0.05) is 11.3 Å². The van der Waals surface area contributed by atoms with E-state index in [4.69, 9.17) is 0 Å². The summed E-state index contributed by atoms with van der Waals surface area (Å²) in [6.45, 7) is 3.36. The standard InChI is InChI=1S/C10H13NO2/c1-10(2,13)8-5-3-4-6-9(8)11-7-12/h3-7,13H,1-2H3,(H,11,12). The molecule has 0 unspecified atom stereocenters. The Morgan fingerprint density at radius 3 is 2.54 bits per heavy atom. The van der Waals surface area contributed by atoms with Gasteiger partial charge in [-0.3, -0.25) is 4.79 Å². The van der Waals surface area contributed by atoms with Crippen molar-refractivity contribution in [2.45, 2.75) is 19.4 Å². The first kappa shape index (κ1) is 9.74. The van der Waals surface area contributed by atoms with Gasteiger partial charge in [-0.2, -0.15) is 0 Å². The molecule has 0 bridgehead atoms. The van der Waals surface area contributed by atoms with E-state index >= 15 is 0 Å². The number of hydrogen-bond acceptors (Lipinski definition) is 2. The summed E-state index contributed by atoms with van der Waals surface area (Å²) < 4.78 is 0. The zero-order chi connectivity index (χ0) is 9.90. The molecule has 2 N–H and O–H groups in total. The highest BCUT2D eigenvalue weighted by Gasteiger charge is 2.18. The molecule has 0 radical (unpaired) electrons. The van der Waals surface area contributed by atoms with Gasteiger partial charge in [0.05, 0.1) is 5.60 Å². The highest BCUT2D eigenvalue weighted by Crippen LogP contribution is 2.26. The van der Waals surface area contributed by atoms with E-state index in [1.807, 2.05) is 6.07 Å². The number of rotatable bonds is 3. The molecule has 0 saturated heterocycles. The van der Waals surface area contributed by atoms with Crippen LogP contribution in [0.15, 0.2) is 24.3 Å². The van der Waals surface area contributed by atoms with Crippen molar-refractivity contribution in [3.05, 3.63) is 29.8 Å². The fourth-order valence-electron chi connectivity index (χ4n) is 1.21. The third kappa shape index (κ3) is 2.29. The van der Waals surface area contributed by atoms with Gasteiger partial charge >= 0.3 is 0 Å². The maximum absolute atomic E-state index is 10.3. The average molecular weight is 179 g/mol. The summed E-state index contributed by atoms with van der Waals surface area (Å²) in [4.78, 5) is 10.3. The molecule has 3 nitrogen and oxygen atoms in total. The highest BCUT2D eigenvalue weighted by atomic mass is 16.3. The number of para-hydroxylation sites is 1. The minimum atomic E-state index is -0.938.